The van der Waals surface area contributed by atoms with Crippen molar-refractivity contribution in [2.24, 2.45) is 0 Å². The van der Waals surface area contributed by atoms with Crippen molar-refractivity contribution in [2.75, 3.05) is 26.2 Å². The summed E-state index contributed by atoms with van der Waals surface area (Å²) < 4.78 is 16.2. The van der Waals surface area contributed by atoms with E-state index in [0.717, 1.165) is 10.3 Å². The summed E-state index contributed by atoms with van der Waals surface area (Å²) >= 11 is 1.22. The molecule has 0 unspecified atom stereocenters. The van der Waals surface area contributed by atoms with Crippen molar-refractivity contribution in [3.05, 3.63) is 88.5 Å². The Labute approximate surface area is 227 Å². The van der Waals surface area contributed by atoms with E-state index in [1.807, 2.05) is 6.92 Å². The SMILES string of the molecule is COC(=O)c1ccc([C@@H]2C(=C(O)c3ccc(OC)c(C)c3)C(=O)C(=O)N2c2nc3ccc(OC)cc3s2)cc1. The van der Waals surface area contributed by atoms with Crippen molar-refractivity contribution in [3.8, 4) is 11.5 Å². The van der Waals surface area contributed by atoms with Gasteiger partial charge in [-0.05, 0) is 66.6 Å². The van der Waals surface area contributed by atoms with E-state index in [-0.39, 0.29) is 16.5 Å². The van der Waals surface area contributed by atoms with E-state index < -0.39 is 23.7 Å². The highest BCUT2D eigenvalue weighted by atomic mass is 32.1. The van der Waals surface area contributed by atoms with Crippen LogP contribution >= 0.6 is 11.3 Å². The van der Waals surface area contributed by atoms with Crippen LogP contribution in [-0.2, 0) is 14.3 Å². The standard InChI is InChI=1S/C29H24N2O7S/c1-15-13-18(9-12-21(15)37-3)25(32)23-24(16-5-7-17(8-6-16)28(35)38-4)31(27(34)26(23)33)29-30-20-11-10-19(36-2)14-22(20)39-29/h5-14,24,32H,1-4H3/t24-/m1/s1. The summed E-state index contributed by atoms with van der Waals surface area (Å²) in [6.45, 7) is 1.81. The second-order valence-corrected chi connectivity index (χ2v) is 9.81. The molecule has 1 atom stereocenters. The molecule has 1 aliphatic heterocycles. The molecule has 5 rings (SSSR count). The number of ketones is 1. The van der Waals surface area contributed by atoms with Gasteiger partial charge in [-0.2, -0.15) is 0 Å². The zero-order valence-electron chi connectivity index (χ0n) is 21.6. The molecule has 10 heteroatoms. The maximum Gasteiger partial charge on any atom is 0.337 e. The Morgan fingerprint density at radius 3 is 2.31 bits per heavy atom. The smallest absolute Gasteiger partial charge is 0.337 e. The zero-order chi connectivity index (χ0) is 27.8. The van der Waals surface area contributed by atoms with Gasteiger partial charge < -0.3 is 19.3 Å². The lowest BCUT2D eigenvalue weighted by Gasteiger charge is -2.23. The van der Waals surface area contributed by atoms with Crippen molar-refractivity contribution >= 4 is 50.1 Å². The van der Waals surface area contributed by atoms with Gasteiger partial charge >= 0.3 is 11.9 Å². The number of amides is 1. The van der Waals surface area contributed by atoms with Gasteiger partial charge in [-0.1, -0.05) is 23.5 Å². The fourth-order valence-electron chi connectivity index (χ4n) is 4.57. The maximum atomic E-state index is 13.5. The first-order valence-corrected chi connectivity index (χ1v) is 12.7. The quantitative estimate of drug-likeness (QED) is 0.155. The van der Waals surface area contributed by atoms with E-state index in [4.69, 9.17) is 14.2 Å². The minimum atomic E-state index is -0.999. The van der Waals surface area contributed by atoms with Gasteiger partial charge in [0.1, 0.15) is 17.3 Å². The van der Waals surface area contributed by atoms with Gasteiger partial charge in [-0.3, -0.25) is 14.5 Å². The molecular weight excluding hydrogens is 520 g/mol. The summed E-state index contributed by atoms with van der Waals surface area (Å²) in [4.78, 5) is 44.9. The topological polar surface area (TPSA) is 115 Å². The number of hydrogen-bond donors (Lipinski definition) is 1. The molecule has 39 heavy (non-hydrogen) atoms. The fourth-order valence-corrected chi connectivity index (χ4v) is 5.59. The number of benzene rings is 3. The lowest BCUT2D eigenvalue weighted by molar-refractivity contribution is -0.132. The third kappa shape index (κ3) is 4.48. The predicted octanol–water partition coefficient (Wildman–Crippen LogP) is 5.03. The molecule has 0 bridgehead atoms. The Morgan fingerprint density at radius 2 is 1.67 bits per heavy atom. The minimum Gasteiger partial charge on any atom is -0.507 e. The Morgan fingerprint density at radius 1 is 0.949 bits per heavy atom. The number of aryl methyl sites for hydroxylation is 1. The number of nitrogens with zero attached hydrogens (tertiary/aromatic N) is 2. The first kappa shape index (κ1) is 25.9. The molecule has 1 amide bonds. The summed E-state index contributed by atoms with van der Waals surface area (Å²) in [5.74, 6) is -1.28. The molecule has 1 saturated heterocycles. The number of hydrogen-bond acceptors (Lipinski definition) is 9. The number of Topliss-reactive ketones (excluding diaryl/α,β-unsaturated/α-hetero) is 1. The van der Waals surface area contributed by atoms with Crippen molar-refractivity contribution in [1.82, 2.24) is 4.98 Å². The first-order chi connectivity index (χ1) is 18.8. The lowest BCUT2D eigenvalue weighted by atomic mass is 9.94. The van der Waals surface area contributed by atoms with Crippen LogP contribution in [0.25, 0.3) is 16.0 Å². The Hall–Kier alpha value is -4.70. The largest absolute Gasteiger partial charge is 0.507 e. The van der Waals surface area contributed by atoms with E-state index >= 15 is 0 Å². The fraction of sp³-hybridized carbons (Fsp3) is 0.172. The summed E-state index contributed by atoms with van der Waals surface area (Å²) in [7, 11) is 4.38. The highest BCUT2D eigenvalue weighted by Gasteiger charge is 2.48. The monoisotopic (exact) mass is 544 g/mol. The van der Waals surface area contributed by atoms with Crippen molar-refractivity contribution in [2.45, 2.75) is 13.0 Å². The maximum absolute atomic E-state index is 13.5. The number of fused-ring (bicyclic) bond motifs is 1. The summed E-state index contributed by atoms with van der Waals surface area (Å²) in [6, 6.07) is 15.6. The van der Waals surface area contributed by atoms with Crippen LogP contribution in [-0.4, -0.2) is 49.1 Å². The molecule has 0 aliphatic carbocycles. The number of carbonyl (C=O) groups excluding carboxylic acids is 3. The van der Waals surface area contributed by atoms with Crippen LogP contribution < -0.4 is 14.4 Å². The van der Waals surface area contributed by atoms with Crippen LogP contribution in [0, 0.1) is 6.92 Å². The number of aliphatic hydroxyl groups is 1. The van der Waals surface area contributed by atoms with Crippen LogP contribution in [0.1, 0.15) is 33.1 Å². The molecule has 0 radical (unpaired) electrons. The van der Waals surface area contributed by atoms with Crippen LogP contribution in [0.3, 0.4) is 0 Å². The second kappa shape index (κ2) is 10.2. The van der Waals surface area contributed by atoms with E-state index in [1.165, 1.54) is 23.3 Å². The number of ether oxygens (including phenoxy) is 3. The summed E-state index contributed by atoms with van der Waals surface area (Å²) in [5, 5.41) is 11.7. The van der Waals surface area contributed by atoms with Crippen molar-refractivity contribution in [3.63, 3.8) is 0 Å². The number of thiazole rings is 1. The van der Waals surface area contributed by atoms with Crippen molar-refractivity contribution in [1.29, 1.82) is 0 Å². The summed E-state index contributed by atoms with van der Waals surface area (Å²) in [6.07, 6.45) is 0. The molecule has 198 valence electrons. The molecule has 0 spiro atoms. The summed E-state index contributed by atoms with van der Waals surface area (Å²) in [5.41, 5.74) is 2.45. The number of esters is 1. The lowest BCUT2D eigenvalue weighted by Crippen LogP contribution is -2.29. The zero-order valence-corrected chi connectivity index (χ0v) is 22.4. The number of carbonyl (C=O) groups is 3. The molecule has 1 aliphatic rings. The Balaban J connectivity index is 1.70. The van der Waals surface area contributed by atoms with Gasteiger partial charge in [0.25, 0.3) is 5.78 Å². The molecule has 4 aromatic rings. The van der Waals surface area contributed by atoms with Gasteiger partial charge in [0.15, 0.2) is 5.13 Å². The molecule has 1 N–H and O–H groups in total. The van der Waals surface area contributed by atoms with Crippen LogP contribution in [0.15, 0.2) is 66.2 Å². The second-order valence-electron chi connectivity index (χ2n) is 8.80. The molecule has 9 nitrogen and oxygen atoms in total. The normalized spacial score (nSPS) is 16.5. The van der Waals surface area contributed by atoms with E-state index in [1.54, 1.807) is 74.9 Å². The van der Waals surface area contributed by atoms with Crippen LogP contribution in [0.5, 0.6) is 11.5 Å². The van der Waals surface area contributed by atoms with Crippen LogP contribution in [0.4, 0.5) is 5.13 Å². The number of anilines is 1. The van der Waals surface area contributed by atoms with E-state index in [2.05, 4.69) is 4.98 Å². The predicted molar refractivity (Wildman–Crippen MR) is 146 cm³/mol. The van der Waals surface area contributed by atoms with Gasteiger partial charge in [-0.15, -0.1) is 0 Å². The Kier molecular flexibility index (Phi) is 6.80. The van der Waals surface area contributed by atoms with Crippen LogP contribution in [0.2, 0.25) is 0 Å². The first-order valence-electron chi connectivity index (χ1n) is 11.9. The molecule has 3 aromatic carbocycles. The molecular formula is C29H24N2O7S. The van der Waals surface area contributed by atoms with E-state index in [9.17, 15) is 19.5 Å². The highest BCUT2D eigenvalue weighted by molar-refractivity contribution is 7.22. The highest BCUT2D eigenvalue weighted by Crippen LogP contribution is 2.45. The third-order valence-corrected chi connectivity index (χ3v) is 7.57. The number of aliphatic hydroxyl groups excluding tert-OH is 1. The third-order valence-electron chi connectivity index (χ3n) is 6.55. The molecule has 2 heterocycles. The molecule has 1 aromatic heterocycles. The van der Waals surface area contributed by atoms with Gasteiger partial charge in [0, 0.05) is 5.56 Å². The van der Waals surface area contributed by atoms with E-state index in [0.29, 0.717) is 33.7 Å². The molecule has 0 saturated carbocycles. The van der Waals surface area contributed by atoms with Crippen molar-refractivity contribution < 1.29 is 33.7 Å². The minimum absolute atomic E-state index is 0.0905. The van der Waals surface area contributed by atoms with Gasteiger partial charge in [-0.25, -0.2) is 9.78 Å². The van der Waals surface area contributed by atoms with Gasteiger partial charge in [0.05, 0.1) is 48.7 Å². The Bertz CT molecular complexity index is 1660. The average molecular weight is 545 g/mol. The number of aromatic nitrogens is 1. The average Bonchev–Trinajstić information content (AvgIpc) is 3.49. The number of rotatable bonds is 6. The number of methoxy groups -OCH3 is 3. The molecule has 1 fully saturated rings. The van der Waals surface area contributed by atoms with Gasteiger partial charge in [0.2, 0.25) is 0 Å².